The summed E-state index contributed by atoms with van der Waals surface area (Å²) in [5, 5.41) is 0. The van der Waals surface area contributed by atoms with Crippen LogP contribution in [0.3, 0.4) is 0 Å². The van der Waals surface area contributed by atoms with Crippen LogP contribution in [0.1, 0.15) is 49.3 Å². The van der Waals surface area contributed by atoms with E-state index < -0.39 is 0 Å². The van der Waals surface area contributed by atoms with Crippen molar-refractivity contribution in [1.29, 1.82) is 0 Å². The van der Waals surface area contributed by atoms with Gasteiger partial charge in [-0.15, -0.1) is 0 Å². The van der Waals surface area contributed by atoms with Gasteiger partial charge in [0.1, 0.15) is 11.5 Å². The molecule has 2 aliphatic heterocycles. The van der Waals surface area contributed by atoms with Crippen LogP contribution in [0.25, 0.3) is 0 Å². The van der Waals surface area contributed by atoms with E-state index in [0.717, 1.165) is 62.4 Å². The van der Waals surface area contributed by atoms with Crippen LogP contribution in [0, 0.1) is 0 Å². The molecule has 0 aliphatic carbocycles. The molecule has 0 bridgehead atoms. The van der Waals surface area contributed by atoms with Gasteiger partial charge in [0.25, 0.3) is 0 Å². The number of hydrogen-bond donors (Lipinski definition) is 0. The highest BCUT2D eigenvalue weighted by Crippen LogP contribution is 2.31. The summed E-state index contributed by atoms with van der Waals surface area (Å²) in [6.07, 6.45) is 4.25. The number of methoxy groups -OCH3 is 1. The molecule has 6 nitrogen and oxygen atoms in total. The van der Waals surface area contributed by atoms with E-state index in [-0.39, 0.29) is 11.8 Å². The molecule has 0 radical (unpaired) electrons. The van der Waals surface area contributed by atoms with Crippen LogP contribution in [0.15, 0.2) is 36.4 Å². The first-order chi connectivity index (χ1) is 15.6. The molecule has 0 spiro atoms. The molecule has 1 fully saturated rings. The molecule has 0 saturated carbocycles. The third-order valence-electron chi connectivity index (χ3n) is 6.24. The molecule has 0 atom stereocenters. The van der Waals surface area contributed by atoms with Crippen molar-refractivity contribution < 1.29 is 19.1 Å². The molecule has 170 valence electrons. The fourth-order valence-electron chi connectivity index (χ4n) is 4.55. The van der Waals surface area contributed by atoms with Crippen LogP contribution in [0.5, 0.6) is 11.5 Å². The first-order valence-corrected chi connectivity index (χ1v) is 11.6. The van der Waals surface area contributed by atoms with Gasteiger partial charge in [0.05, 0.1) is 13.7 Å². The van der Waals surface area contributed by atoms with Crippen molar-refractivity contribution in [2.45, 2.75) is 52.0 Å². The highest BCUT2D eigenvalue weighted by Gasteiger charge is 2.28. The number of anilines is 1. The summed E-state index contributed by atoms with van der Waals surface area (Å²) in [5.41, 5.74) is 4.80. The van der Waals surface area contributed by atoms with Gasteiger partial charge in [-0.2, -0.15) is 0 Å². The van der Waals surface area contributed by atoms with Crippen molar-refractivity contribution in [3.8, 4) is 11.5 Å². The Bertz CT molecular complexity index is 972. The van der Waals surface area contributed by atoms with Crippen LogP contribution >= 0.6 is 0 Å². The second kappa shape index (κ2) is 10.1. The first-order valence-electron chi connectivity index (χ1n) is 11.6. The minimum Gasteiger partial charge on any atom is -0.496 e. The summed E-state index contributed by atoms with van der Waals surface area (Å²) >= 11 is 0. The second-order valence-corrected chi connectivity index (χ2v) is 8.50. The molecule has 2 aromatic carbocycles. The number of carbonyl (C=O) groups is 2. The lowest BCUT2D eigenvalue weighted by Gasteiger charge is -2.25. The highest BCUT2D eigenvalue weighted by atomic mass is 16.5. The molecule has 0 aromatic heterocycles. The van der Waals surface area contributed by atoms with Gasteiger partial charge in [0.15, 0.2) is 0 Å². The van der Waals surface area contributed by atoms with Crippen LogP contribution < -0.4 is 14.4 Å². The van der Waals surface area contributed by atoms with Gasteiger partial charge < -0.3 is 14.4 Å². The molecule has 0 N–H and O–H groups in total. The maximum Gasteiger partial charge on any atom is 0.229 e. The quantitative estimate of drug-likeness (QED) is 0.524. The summed E-state index contributed by atoms with van der Waals surface area (Å²) in [5.74, 6) is 1.77. The summed E-state index contributed by atoms with van der Waals surface area (Å²) in [6, 6.07) is 12.9. The van der Waals surface area contributed by atoms with Crippen LogP contribution in [0.4, 0.5) is 5.69 Å². The van der Waals surface area contributed by atoms with Gasteiger partial charge in [0, 0.05) is 44.6 Å². The van der Waals surface area contributed by atoms with Crippen LogP contribution in [0.2, 0.25) is 0 Å². The molecular formula is C26H32N2O4. The number of rotatable bonds is 10. The van der Waals surface area contributed by atoms with Gasteiger partial charge in [-0.3, -0.25) is 14.5 Å². The Morgan fingerprint density at radius 3 is 2.62 bits per heavy atom. The molecule has 32 heavy (non-hydrogen) atoms. The number of ether oxygens (including phenoxy) is 2. The lowest BCUT2D eigenvalue weighted by atomic mass is 10.0. The zero-order valence-electron chi connectivity index (χ0n) is 19.1. The molecule has 2 aliphatic rings. The summed E-state index contributed by atoms with van der Waals surface area (Å²) in [6.45, 7) is 5.23. The Balaban J connectivity index is 1.42. The number of benzene rings is 2. The Kier molecular flexibility index (Phi) is 6.98. The van der Waals surface area contributed by atoms with E-state index in [2.05, 4.69) is 48.2 Å². The van der Waals surface area contributed by atoms with Gasteiger partial charge in [0.2, 0.25) is 11.8 Å². The SMILES string of the molecule is CCCN(Cc1ccc(CCCN2C(=O)CCC2=O)c(OC)c1)c1ccc2c(c1)CCO2. The maximum atomic E-state index is 11.8. The lowest BCUT2D eigenvalue weighted by Crippen LogP contribution is -2.30. The molecular weight excluding hydrogens is 404 g/mol. The molecule has 0 unspecified atom stereocenters. The predicted molar refractivity (Wildman–Crippen MR) is 124 cm³/mol. The Morgan fingerprint density at radius 1 is 1.06 bits per heavy atom. The van der Waals surface area contributed by atoms with Gasteiger partial charge in [-0.05, 0) is 60.2 Å². The minimum absolute atomic E-state index is 0.0496. The number of fused-ring (bicyclic) bond motifs is 1. The third-order valence-corrected chi connectivity index (χ3v) is 6.24. The molecule has 2 heterocycles. The topological polar surface area (TPSA) is 59.1 Å². The van der Waals surface area contributed by atoms with E-state index >= 15 is 0 Å². The summed E-state index contributed by atoms with van der Waals surface area (Å²) < 4.78 is 11.3. The first kappa shape index (κ1) is 22.2. The minimum atomic E-state index is -0.0496. The van der Waals surface area contributed by atoms with Crippen molar-refractivity contribution in [3.05, 3.63) is 53.1 Å². The molecule has 6 heteroatoms. The number of hydrogen-bond acceptors (Lipinski definition) is 5. The fourth-order valence-corrected chi connectivity index (χ4v) is 4.55. The molecule has 1 saturated heterocycles. The summed E-state index contributed by atoms with van der Waals surface area (Å²) in [7, 11) is 1.69. The lowest BCUT2D eigenvalue weighted by molar-refractivity contribution is -0.138. The zero-order chi connectivity index (χ0) is 22.5. The van der Waals surface area contributed by atoms with Gasteiger partial charge in [-0.25, -0.2) is 0 Å². The molecule has 2 aromatic rings. The standard InChI is InChI=1S/C26H32N2O4/c1-3-13-27(22-8-9-23-21(17-22)12-15-32-23)18-19-6-7-20(24(16-19)31-2)5-4-14-28-25(29)10-11-26(28)30/h6-9,16-17H,3-5,10-15,18H2,1-2H3. The van der Waals surface area contributed by atoms with Crippen molar-refractivity contribution in [1.82, 2.24) is 4.90 Å². The zero-order valence-corrected chi connectivity index (χ0v) is 19.1. The number of imide groups is 1. The monoisotopic (exact) mass is 436 g/mol. The van der Waals surface area contributed by atoms with Gasteiger partial charge in [-0.1, -0.05) is 19.1 Å². The average molecular weight is 437 g/mol. The van der Waals surface area contributed by atoms with E-state index in [9.17, 15) is 9.59 Å². The fraction of sp³-hybridized carbons (Fsp3) is 0.462. The number of likely N-dealkylation sites (tertiary alicyclic amines) is 1. The average Bonchev–Trinajstić information content (AvgIpc) is 3.40. The van der Waals surface area contributed by atoms with E-state index in [1.54, 1.807) is 7.11 Å². The van der Waals surface area contributed by atoms with Crippen molar-refractivity contribution in [3.63, 3.8) is 0 Å². The summed E-state index contributed by atoms with van der Waals surface area (Å²) in [4.78, 5) is 27.4. The highest BCUT2D eigenvalue weighted by molar-refractivity contribution is 6.01. The largest absolute Gasteiger partial charge is 0.496 e. The maximum absolute atomic E-state index is 11.8. The predicted octanol–water partition coefficient (Wildman–Crippen LogP) is 4.13. The number of aryl methyl sites for hydroxylation is 1. The number of amides is 2. The third kappa shape index (κ3) is 4.90. The van der Waals surface area contributed by atoms with Crippen molar-refractivity contribution in [2.24, 2.45) is 0 Å². The van der Waals surface area contributed by atoms with Gasteiger partial charge >= 0.3 is 0 Å². The van der Waals surface area contributed by atoms with Crippen molar-refractivity contribution in [2.75, 3.05) is 31.7 Å². The number of carbonyl (C=O) groups excluding carboxylic acids is 2. The van der Waals surface area contributed by atoms with Crippen LogP contribution in [-0.4, -0.2) is 43.5 Å². The Labute approximate surface area is 190 Å². The Hall–Kier alpha value is -3.02. The van der Waals surface area contributed by atoms with Crippen molar-refractivity contribution >= 4 is 17.5 Å². The molecule has 4 rings (SSSR count). The van der Waals surface area contributed by atoms with E-state index in [1.165, 1.54) is 21.7 Å². The normalized spacial score (nSPS) is 15.1. The smallest absolute Gasteiger partial charge is 0.229 e. The Morgan fingerprint density at radius 2 is 1.88 bits per heavy atom. The van der Waals surface area contributed by atoms with E-state index in [0.29, 0.717) is 19.4 Å². The van der Waals surface area contributed by atoms with E-state index in [4.69, 9.17) is 9.47 Å². The second-order valence-electron chi connectivity index (χ2n) is 8.50. The molecule has 2 amide bonds. The number of nitrogens with zero attached hydrogens (tertiary/aromatic N) is 2. The van der Waals surface area contributed by atoms with Crippen LogP contribution in [-0.2, 0) is 29.0 Å². The van der Waals surface area contributed by atoms with E-state index in [1.807, 2.05) is 0 Å².